The second kappa shape index (κ2) is 10.3. The van der Waals surface area contributed by atoms with Crippen LogP contribution in [0.15, 0.2) is 59.5 Å². The van der Waals surface area contributed by atoms with Gasteiger partial charge in [-0.2, -0.15) is 0 Å². The SMILES string of the molecule is CC(=O)N1CCC2(CC1)c1c(ccc(C(=O)Nc3cccc(Cl)c3F)c1F)N(S(=O)(=O)c1ccc(F)cc1)C2C1CC1. The van der Waals surface area contributed by atoms with Gasteiger partial charge < -0.3 is 10.2 Å². The number of hydrogen-bond donors (Lipinski definition) is 1. The first-order chi connectivity index (χ1) is 20.0. The molecule has 3 aliphatic rings. The highest BCUT2D eigenvalue weighted by Crippen LogP contribution is 2.59. The highest BCUT2D eigenvalue weighted by Gasteiger charge is 2.61. The van der Waals surface area contributed by atoms with E-state index < -0.39 is 44.8 Å². The Morgan fingerprint density at radius 2 is 1.62 bits per heavy atom. The number of carbonyl (C=O) groups is 2. The largest absolute Gasteiger partial charge is 0.343 e. The van der Waals surface area contributed by atoms with Crippen LogP contribution in [0.3, 0.4) is 0 Å². The van der Waals surface area contributed by atoms with Gasteiger partial charge in [0.25, 0.3) is 15.9 Å². The summed E-state index contributed by atoms with van der Waals surface area (Å²) in [6, 6.07) is 10.4. The lowest BCUT2D eigenvalue weighted by Gasteiger charge is -2.45. The number of piperidine rings is 1. The predicted molar refractivity (Wildman–Crippen MR) is 152 cm³/mol. The number of rotatable bonds is 5. The number of amides is 2. The zero-order chi connectivity index (χ0) is 30.0. The molecule has 1 saturated heterocycles. The first-order valence-electron chi connectivity index (χ1n) is 13.6. The molecule has 1 N–H and O–H groups in total. The maximum Gasteiger partial charge on any atom is 0.264 e. The number of sulfonamides is 1. The van der Waals surface area contributed by atoms with E-state index in [9.17, 15) is 26.8 Å². The summed E-state index contributed by atoms with van der Waals surface area (Å²) in [4.78, 5) is 27.0. The minimum absolute atomic E-state index is 0.0752. The second-order valence-electron chi connectivity index (χ2n) is 11.1. The lowest BCUT2D eigenvalue weighted by atomic mass is 9.67. The van der Waals surface area contributed by atoms with Gasteiger partial charge in [0.15, 0.2) is 5.82 Å². The number of fused-ring (bicyclic) bond motifs is 2. The van der Waals surface area contributed by atoms with Crippen LogP contribution in [-0.2, 0) is 20.2 Å². The highest BCUT2D eigenvalue weighted by atomic mass is 35.5. The summed E-state index contributed by atoms with van der Waals surface area (Å²) in [5, 5.41) is 2.16. The molecule has 2 aliphatic heterocycles. The minimum atomic E-state index is -4.28. The molecular formula is C30H27ClF3N3O4S. The summed E-state index contributed by atoms with van der Waals surface area (Å²) >= 11 is 5.84. The van der Waals surface area contributed by atoms with Crippen LogP contribution < -0.4 is 9.62 Å². The van der Waals surface area contributed by atoms with Crippen molar-refractivity contribution in [2.24, 2.45) is 5.92 Å². The molecule has 42 heavy (non-hydrogen) atoms. The zero-order valence-corrected chi connectivity index (χ0v) is 24.1. The Balaban J connectivity index is 1.50. The van der Waals surface area contributed by atoms with Crippen LogP contribution in [0.25, 0.3) is 0 Å². The van der Waals surface area contributed by atoms with Gasteiger partial charge in [-0.3, -0.25) is 13.9 Å². The fourth-order valence-electron chi connectivity index (χ4n) is 6.53. The maximum atomic E-state index is 16.7. The van der Waals surface area contributed by atoms with E-state index in [0.717, 1.165) is 25.0 Å². The van der Waals surface area contributed by atoms with Crippen molar-refractivity contribution in [2.45, 2.75) is 49.0 Å². The normalized spacial score (nSPS) is 19.6. The van der Waals surface area contributed by atoms with E-state index in [4.69, 9.17) is 11.6 Å². The van der Waals surface area contributed by atoms with Crippen molar-refractivity contribution in [2.75, 3.05) is 22.7 Å². The van der Waals surface area contributed by atoms with Gasteiger partial charge in [-0.05, 0) is 80.1 Å². The first-order valence-corrected chi connectivity index (χ1v) is 15.4. The van der Waals surface area contributed by atoms with Crippen LogP contribution in [0.5, 0.6) is 0 Å². The number of hydrogen-bond acceptors (Lipinski definition) is 4. The zero-order valence-electron chi connectivity index (χ0n) is 22.5. The van der Waals surface area contributed by atoms with Gasteiger partial charge in [-0.25, -0.2) is 21.6 Å². The Morgan fingerprint density at radius 1 is 0.952 bits per heavy atom. The number of likely N-dealkylation sites (tertiary alicyclic amines) is 1. The molecule has 3 aromatic carbocycles. The molecule has 12 heteroatoms. The number of benzene rings is 3. The molecule has 0 radical (unpaired) electrons. The molecule has 1 unspecified atom stereocenters. The lowest BCUT2D eigenvalue weighted by Crippen LogP contribution is -2.54. The summed E-state index contributed by atoms with van der Waals surface area (Å²) < 4.78 is 74.6. The van der Waals surface area contributed by atoms with E-state index in [1.165, 1.54) is 53.7 Å². The van der Waals surface area contributed by atoms with Crippen LogP contribution in [0.2, 0.25) is 5.02 Å². The Morgan fingerprint density at radius 3 is 2.24 bits per heavy atom. The Kier molecular flexibility index (Phi) is 7.00. The lowest BCUT2D eigenvalue weighted by molar-refractivity contribution is -0.130. The van der Waals surface area contributed by atoms with E-state index in [-0.39, 0.29) is 70.2 Å². The number of carbonyl (C=O) groups excluding carboxylic acids is 2. The van der Waals surface area contributed by atoms with Gasteiger partial charge in [-0.15, -0.1) is 0 Å². The predicted octanol–water partition coefficient (Wildman–Crippen LogP) is 5.88. The molecule has 1 atom stereocenters. The van der Waals surface area contributed by atoms with Crippen LogP contribution in [0.4, 0.5) is 24.5 Å². The first kappa shape index (κ1) is 28.5. The third-order valence-electron chi connectivity index (χ3n) is 8.66. The smallest absolute Gasteiger partial charge is 0.264 e. The Bertz CT molecular complexity index is 1710. The second-order valence-corrected chi connectivity index (χ2v) is 13.3. The quantitative estimate of drug-likeness (QED) is 0.388. The molecular weight excluding hydrogens is 591 g/mol. The molecule has 1 saturated carbocycles. The minimum Gasteiger partial charge on any atom is -0.343 e. The molecule has 6 rings (SSSR count). The van der Waals surface area contributed by atoms with E-state index in [2.05, 4.69) is 5.32 Å². The number of nitrogens with one attached hydrogen (secondary N) is 1. The average Bonchev–Trinajstić information content (AvgIpc) is 3.75. The molecule has 2 heterocycles. The van der Waals surface area contributed by atoms with Crippen molar-refractivity contribution in [1.82, 2.24) is 4.90 Å². The van der Waals surface area contributed by atoms with Crippen LogP contribution in [-0.4, -0.2) is 44.3 Å². The number of halogens is 4. The van der Waals surface area contributed by atoms with Crippen LogP contribution in [0.1, 0.15) is 48.5 Å². The Labute approximate surface area is 246 Å². The molecule has 3 aromatic rings. The molecule has 1 spiro atoms. The van der Waals surface area contributed by atoms with Crippen molar-refractivity contribution in [1.29, 1.82) is 0 Å². The molecule has 1 aliphatic carbocycles. The van der Waals surface area contributed by atoms with Crippen molar-refractivity contribution in [3.8, 4) is 0 Å². The van der Waals surface area contributed by atoms with E-state index in [1.807, 2.05) is 0 Å². The highest BCUT2D eigenvalue weighted by molar-refractivity contribution is 7.92. The number of nitrogens with zero attached hydrogens (tertiary/aromatic N) is 2. The summed E-state index contributed by atoms with van der Waals surface area (Å²) in [5.41, 5.74) is -1.44. The number of anilines is 2. The van der Waals surface area contributed by atoms with Crippen molar-refractivity contribution in [3.63, 3.8) is 0 Å². The topological polar surface area (TPSA) is 86.8 Å². The summed E-state index contributed by atoms with van der Waals surface area (Å²) in [6.45, 7) is 2.01. The van der Waals surface area contributed by atoms with Gasteiger partial charge in [0.05, 0.1) is 32.9 Å². The molecule has 7 nitrogen and oxygen atoms in total. The van der Waals surface area contributed by atoms with E-state index in [1.54, 1.807) is 4.90 Å². The fourth-order valence-corrected chi connectivity index (χ4v) is 8.50. The maximum absolute atomic E-state index is 16.7. The summed E-state index contributed by atoms with van der Waals surface area (Å²) in [5.74, 6) is -3.50. The van der Waals surface area contributed by atoms with Gasteiger partial charge in [0.1, 0.15) is 11.6 Å². The fraction of sp³-hybridized carbons (Fsp3) is 0.333. The van der Waals surface area contributed by atoms with Crippen LogP contribution in [0, 0.1) is 23.4 Å². The van der Waals surface area contributed by atoms with E-state index >= 15 is 4.39 Å². The molecule has 2 amide bonds. The van der Waals surface area contributed by atoms with Crippen molar-refractivity contribution >= 4 is 44.8 Å². The van der Waals surface area contributed by atoms with E-state index in [0.29, 0.717) is 0 Å². The standard InChI is InChI=1S/C30H27ClF3N3O4S/c1-17(38)36-15-13-30(14-16-36)25-24(12-11-21(26(25)33)29(39)35-23-4-2-3-22(31)27(23)34)37(28(30)18-5-6-18)42(40,41)20-9-7-19(32)8-10-20/h2-4,7-12,18,28H,5-6,13-16H2,1H3,(H,35,39). The molecule has 0 aromatic heterocycles. The van der Waals surface area contributed by atoms with Gasteiger partial charge in [-0.1, -0.05) is 17.7 Å². The van der Waals surface area contributed by atoms with Gasteiger partial charge >= 0.3 is 0 Å². The van der Waals surface area contributed by atoms with Gasteiger partial charge in [0, 0.05) is 31.0 Å². The monoisotopic (exact) mass is 617 g/mol. The molecule has 2 fully saturated rings. The summed E-state index contributed by atoms with van der Waals surface area (Å²) in [7, 11) is -4.28. The third-order valence-corrected chi connectivity index (χ3v) is 10.8. The molecule has 0 bridgehead atoms. The van der Waals surface area contributed by atoms with Crippen molar-refractivity contribution in [3.05, 3.63) is 88.2 Å². The average molecular weight is 618 g/mol. The molecule has 220 valence electrons. The third kappa shape index (κ3) is 4.53. The van der Waals surface area contributed by atoms with Gasteiger partial charge in [0.2, 0.25) is 5.91 Å². The summed E-state index contributed by atoms with van der Waals surface area (Å²) in [6.07, 6.45) is 2.02. The van der Waals surface area contributed by atoms with Crippen molar-refractivity contribution < 1.29 is 31.2 Å². The Hall–Kier alpha value is -3.57. The van der Waals surface area contributed by atoms with Crippen LogP contribution >= 0.6 is 11.6 Å².